The van der Waals surface area contributed by atoms with Crippen LogP contribution in [-0.4, -0.2) is 4.57 Å². The Labute approximate surface area is 355 Å². The predicted octanol–water partition coefficient (Wildman–Crippen LogP) is 16.2. The Balaban J connectivity index is 1.07. The molecule has 2 heterocycles. The van der Waals surface area contributed by atoms with Crippen LogP contribution in [0.5, 0.6) is 0 Å². The van der Waals surface area contributed by atoms with Crippen LogP contribution in [0.2, 0.25) is 0 Å². The van der Waals surface area contributed by atoms with Gasteiger partial charge in [-0.1, -0.05) is 128 Å². The van der Waals surface area contributed by atoms with Crippen molar-refractivity contribution in [2.24, 2.45) is 11.8 Å². The minimum absolute atomic E-state index is 0.0852. The van der Waals surface area contributed by atoms with Crippen molar-refractivity contribution in [3.63, 3.8) is 0 Å². The van der Waals surface area contributed by atoms with Gasteiger partial charge in [-0.05, 0) is 138 Å². The molecule has 3 heteroatoms. The van der Waals surface area contributed by atoms with Crippen molar-refractivity contribution in [3.8, 4) is 27.9 Å². The zero-order chi connectivity index (χ0) is 39.4. The third-order valence-corrected chi connectivity index (χ3v) is 15.7. The summed E-state index contributed by atoms with van der Waals surface area (Å²) < 4.78 is 5.11. The van der Waals surface area contributed by atoms with E-state index < -0.39 is 0 Å². The quantitative estimate of drug-likeness (QED) is 0.169. The van der Waals surface area contributed by atoms with Crippen LogP contribution < -0.4 is 4.90 Å². The number of nitrogens with zero attached hydrogens (tertiary/aromatic N) is 2. The van der Waals surface area contributed by atoms with E-state index in [4.69, 9.17) is 0 Å². The molecule has 0 amide bonds. The van der Waals surface area contributed by atoms with E-state index in [0.717, 1.165) is 28.7 Å². The molecule has 2 nitrogen and oxygen atoms in total. The first kappa shape index (κ1) is 34.4. The van der Waals surface area contributed by atoms with Gasteiger partial charge in [-0.15, -0.1) is 11.3 Å². The molecule has 10 aromatic rings. The average Bonchev–Trinajstić information content (AvgIpc) is 3.94. The number of para-hydroxylation sites is 3. The molecule has 2 aromatic heterocycles. The molecule has 8 aromatic carbocycles. The van der Waals surface area contributed by atoms with Crippen molar-refractivity contribution < 1.29 is 0 Å². The fourth-order valence-electron chi connectivity index (χ4n) is 12.0. The van der Waals surface area contributed by atoms with E-state index in [1.165, 1.54) is 103 Å². The van der Waals surface area contributed by atoms with Gasteiger partial charge in [0.15, 0.2) is 0 Å². The standard InChI is InChI=1S/C57H44N2S/c1-2-15-41(16-3-1)58(42-26-28-50-49-20-7-11-24-55(49)60-56(50)36-42)43-32-39(33-44(35-43)59-53-22-9-5-18-47(53)48-19-6-10-23-54(48)59)38-25-27-46-45-17-4-8-21-51(45)57(52(46)34-38)30-29-37-13-12-14-40(57)31-37/h1-11,15-28,32-37,40H,12-14,29-31H2. The van der Waals surface area contributed by atoms with Gasteiger partial charge in [0, 0.05) is 59.1 Å². The number of rotatable bonds is 5. The summed E-state index contributed by atoms with van der Waals surface area (Å²) in [5, 5.41) is 5.18. The van der Waals surface area contributed by atoms with Crippen molar-refractivity contribution in [1.29, 1.82) is 0 Å². The van der Waals surface area contributed by atoms with E-state index in [0.29, 0.717) is 5.92 Å². The van der Waals surface area contributed by atoms with E-state index in [1.54, 1.807) is 11.1 Å². The lowest BCUT2D eigenvalue weighted by molar-refractivity contribution is 0.117. The molecule has 60 heavy (non-hydrogen) atoms. The van der Waals surface area contributed by atoms with Gasteiger partial charge in [-0.3, -0.25) is 0 Å². The highest BCUT2D eigenvalue weighted by Crippen LogP contribution is 2.62. The third-order valence-electron chi connectivity index (χ3n) is 14.6. The third kappa shape index (κ3) is 5.05. The normalized spacial score (nSPS) is 19.3. The van der Waals surface area contributed by atoms with Crippen molar-refractivity contribution >= 4 is 70.4 Å². The van der Waals surface area contributed by atoms with Crippen LogP contribution in [0.4, 0.5) is 17.1 Å². The van der Waals surface area contributed by atoms with Gasteiger partial charge in [0.25, 0.3) is 0 Å². The number of anilines is 3. The lowest BCUT2D eigenvalue weighted by Crippen LogP contribution is -2.42. The number of fused-ring (bicyclic) bond motifs is 14. The van der Waals surface area contributed by atoms with E-state index in [9.17, 15) is 0 Å². The summed E-state index contributed by atoms with van der Waals surface area (Å²) in [6.07, 6.45) is 8.05. The Morgan fingerprint density at radius 3 is 2.05 bits per heavy atom. The predicted molar refractivity (Wildman–Crippen MR) is 255 cm³/mol. The summed E-state index contributed by atoms with van der Waals surface area (Å²) in [6.45, 7) is 0. The zero-order valence-electron chi connectivity index (χ0n) is 33.5. The topological polar surface area (TPSA) is 8.17 Å². The maximum absolute atomic E-state index is 2.62. The van der Waals surface area contributed by atoms with Crippen molar-refractivity contribution in [2.75, 3.05) is 4.90 Å². The molecule has 3 atom stereocenters. The fraction of sp³-hybridized carbons (Fsp3) is 0.158. The maximum Gasteiger partial charge on any atom is 0.0541 e. The lowest BCUT2D eigenvalue weighted by Gasteiger charge is -2.49. The van der Waals surface area contributed by atoms with Crippen LogP contribution >= 0.6 is 11.3 Å². The van der Waals surface area contributed by atoms with Crippen LogP contribution in [0.1, 0.15) is 49.7 Å². The zero-order valence-corrected chi connectivity index (χ0v) is 34.3. The number of thiophene rings is 1. The van der Waals surface area contributed by atoms with Gasteiger partial charge in [0.2, 0.25) is 0 Å². The highest BCUT2D eigenvalue weighted by atomic mass is 32.1. The molecule has 13 rings (SSSR count). The molecule has 1 spiro atoms. The summed E-state index contributed by atoms with van der Waals surface area (Å²) in [5.41, 5.74) is 15.7. The second-order valence-corrected chi connectivity index (χ2v) is 18.7. The highest BCUT2D eigenvalue weighted by molar-refractivity contribution is 7.25. The van der Waals surface area contributed by atoms with Crippen molar-refractivity contribution in [3.05, 3.63) is 193 Å². The Kier molecular flexibility index (Phi) is 7.63. The Morgan fingerprint density at radius 1 is 0.483 bits per heavy atom. The summed E-state index contributed by atoms with van der Waals surface area (Å²) in [7, 11) is 0. The molecule has 2 saturated carbocycles. The van der Waals surface area contributed by atoms with Crippen molar-refractivity contribution in [2.45, 2.75) is 43.9 Å². The fourth-order valence-corrected chi connectivity index (χ4v) is 13.2. The molecule has 2 bridgehead atoms. The molecule has 2 fully saturated rings. The number of hydrogen-bond acceptors (Lipinski definition) is 2. The summed E-state index contributed by atoms with van der Waals surface area (Å²) in [6, 6.07) is 68.8. The molecule has 3 unspecified atom stereocenters. The first-order valence-electron chi connectivity index (χ1n) is 21.9. The van der Waals surface area contributed by atoms with E-state index >= 15 is 0 Å². The van der Waals surface area contributed by atoms with Gasteiger partial charge in [-0.25, -0.2) is 0 Å². The molecule has 0 aliphatic heterocycles. The van der Waals surface area contributed by atoms with Gasteiger partial charge < -0.3 is 9.47 Å². The smallest absolute Gasteiger partial charge is 0.0541 e. The first-order chi connectivity index (χ1) is 29.7. The average molecular weight is 789 g/mol. The summed E-state index contributed by atoms with van der Waals surface area (Å²) in [5.74, 6) is 1.58. The number of benzene rings is 8. The molecule has 3 aliphatic carbocycles. The van der Waals surface area contributed by atoms with Crippen LogP contribution in [0, 0.1) is 11.8 Å². The van der Waals surface area contributed by atoms with Crippen molar-refractivity contribution in [1.82, 2.24) is 4.57 Å². The molecule has 0 radical (unpaired) electrons. The summed E-state index contributed by atoms with van der Waals surface area (Å²) >= 11 is 1.88. The van der Waals surface area contributed by atoms with E-state index in [-0.39, 0.29) is 5.41 Å². The van der Waals surface area contributed by atoms with Gasteiger partial charge in [0.1, 0.15) is 0 Å². The Hall–Kier alpha value is -6.42. The van der Waals surface area contributed by atoms with Crippen LogP contribution in [0.3, 0.4) is 0 Å². The lowest BCUT2D eigenvalue weighted by atomic mass is 9.55. The van der Waals surface area contributed by atoms with E-state index in [2.05, 4.69) is 191 Å². The van der Waals surface area contributed by atoms with Crippen LogP contribution in [0.25, 0.3) is 69.9 Å². The largest absolute Gasteiger partial charge is 0.310 e. The van der Waals surface area contributed by atoms with Gasteiger partial charge in [0.05, 0.1) is 11.0 Å². The second kappa shape index (κ2) is 13.3. The Bertz CT molecular complexity index is 3260. The first-order valence-corrected chi connectivity index (χ1v) is 22.7. The molecule has 3 aliphatic rings. The maximum atomic E-state index is 2.62. The number of aromatic nitrogens is 1. The summed E-state index contributed by atoms with van der Waals surface area (Å²) in [4.78, 5) is 2.47. The number of hydrogen-bond donors (Lipinski definition) is 0. The Morgan fingerprint density at radius 2 is 1.20 bits per heavy atom. The second-order valence-electron chi connectivity index (χ2n) is 17.6. The molecule has 0 saturated heterocycles. The molecule has 288 valence electrons. The van der Waals surface area contributed by atoms with Gasteiger partial charge in [-0.2, -0.15) is 0 Å². The molecule has 0 N–H and O–H groups in total. The minimum Gasteiger partial charge on any atom is -0.310 e. The SMILES string of the molecule is c1ccc(N(c2cc(-c3ccc4c(c3)C3(CCC5CCCC3C5)c3ccccc3-4)cc(-n3c4ccccc4c4ccccc43)c2)c2ccc3c(c2)sc2ccccc23)cc1. The molecular weight excluding hydrogens is 745 g/mol. The molecular formula is C57H44N2S. The van der Waals surface area contributed by atoms with Crippen LogP contribution in [0.15, 0.2) is 182 Å². The van der Waals surface area contributed by atoms with E-state index in [1.807, 2.05) is 11.3 Å². The monoisotopic (exact) mass is 788 g/mol. The van der Waals surface area contributed by atoms with Crippen LogP contribution in [-0.2, 0) is 5.41 Å². The van der Waals surface area contributed by atoms with Gasteiger partial charge >= 0.3 is 0 Å². The minimum atomic E-state index is 0.0852. The highest BCUT2D eigenvalue weighted by Gasteiger charge is 2.52.